The average Bonchev–Trinajstić information content (AvgIpc) is 2.60. The molecule has 1 rings (SSSR count). The van der Waals surface area contributed by atoms with E-state index in [4.69, 9.17) is 9.47 Å². The number of likely N-dealkylation sites (N-methyl/N-ethyl adjacent to an activating group) is 1. The minimum absolute atomic E-state index is 0. The Morgan fingerprint density at radius 3 is 2.48 bits per heavy atom. The van der Waals surface area contributed by atoms with E-state index in [1.807, 2.05) is 0 Å². The predicted octanol–water partition coefficient (Wildman–Crippen LogP) is 3.03. The van der Waals surface area contributed by atoms with Crippen molar-refractivity contribution in [2.24, 2.45) is 4.99 Å². The summed E-state index contributed by atoms with van der Waals surface area (Å²) in [5, 5.41) is 6.77. The summed E-state index contributed by atoms with van der Waals surface area (Å²) in [6.07, 6.45) is 0.875. The van der Waals surface area contributed by atoms with Gasteiger partial charge in [-0.15, -0.1) is 24.0 Å². The van der Waals surface area contributed by atoms with Gasteiger partial charge in [0.2, 0.25) is 0 Å². The van der Waals surface area contributed by atoms with Gasteiger partial charge in [0.15, 0.2) is 5.96 Å². The Hall–Kier alpha value is -1.06. The quantitative estimate of drug-likeness (QED) is 0.228. The van der Waals surface area contributed by atoms with Crippen molar-refractivity contribution < 1.29 is 9.47 Å². The molecule has 0 aromatic heterocycles. The summed E-state index contributed by atoms with van der Waals surface area (Å²) in [5.41, 5.74) is 2.34. The smallest absolute Gasteiger partial charge is 0.191 e. The summed E-state index contributed by atoms with van der Waals surface area (Å²) < 4.78 is 11.0. The third kappa shape index (κ3) is 9.62. The molecule has 156 valence electrons. The van der Waals surface area contributed by atoms with E-state index in [2.05, 4.69) is 73.6 Å². The van der Waals surface area contributed by atoms with Crippen LogP contribution in [-0.2, 0) is 11.3 Å². The highest BCUT2D eigenvalue weighted by Crippen LogP contribution is 2.20. The summed E-state index contributed by atoms with van der Waals surface area (Å²) in [5.74, 6) is 1.70. The van der Waals surface area contributed by atoms with Crippen LogP contribution in [0, 0.1) is 6.92 Å². The van der Waals surface area contributed by atoms with Crippen LogP contribution in [0.2, 0.25) is 0 Å². The van der Waals surface area contributed by atoms with Gasteiger partial charge in [0.25, 0.3) is 0 Å². The standard InChI is InChI=1S/C20H36N4O2.HI/c1-16-9-10-17(18(13-16)26-12-8-11-25-7)14-22-19(21-4)23-15-20(2,3)24(5)6;/h9-10,13H,8,11-12,14-15H2,1-7H3,(H2,21,22,23);1H. The van der Waals surface area contributed by atoms with Gasteiger partial charge >= 0.3 is 0 Å². The van der Waals surface area contributed by atoms with Gasteiger partial charge in [0.1, 0.15) is 5.75 Å². The fourth-order valence-corrected chi connectivity index (χ4v) is 2.19. The highest BCUT2D eigenvalue weighted by molar-refractivity contribution is 14.0. The van der Waals surface area contributed by atoms with Gasteiger partial charge in [0.05, 0.1) is 6.61 Å². The number of guanidine groups is 1. The second-order valence-corrected chi connectivity index (χ2v) is 7.29. The summed E-state index contributed by atoms with van der Waals surface area (Å²) in [6.45, 7) is 9.27. The SMILES string of the molecule is CN=C(NCc1ccc(C)cc1OCCCOC)NCC(C)(C)N(C)C.I. The maximum Gasteiger partial charge on any atom is 0.191 e. The van der Waals surface area contributed by atoms with Crippen LogP contribution in [-0.4, -0.2) is 64.4 Å². The van der Waals surface area contributed by atoms with E-state index < -0.39 is 0 Å². The lowest BCUT2D eigenvalue weighted by Gasteiger charge is -2.33. The number of nitrogens with one attached hydrogen (secondary N) is 2. The Kier molecular flexibility index (Phi) is 12.7. The van der Waals surface area contributed by atoms with Crippen LogP contribution < -0.4 is 15.4 Å². The first kappa shape index (κ1) is 25.9. The number of aryl methyl sites for hydroxylation is 1. The number of aliphatic imine (C=N–C) groups is 1. The Morgan fingerprint density at radius 1 is 1.19 bits per heavy atom. The molecule has 7 heteroatoms. The van der Waals surface area contributed by atoms with E-state index in [-0.39, 0.29) is 29.5 Å². The summed E-state index contributed by atoms with van der Waals surface area (Å²) in [7, 11) is 7.66. The first-order valence-electron chi connectivity index (χ1n) is 9.13. The summed E-state index contributed by atoms with van der Waals surface area (Å²) in [6, 6.07) is 6.28. The van der Waals surface area contributed by atoms with Crippen LogP contribution in [0.15, 0.2) is 23.2 Å². The van der Waals surface area contributed by atoms with Crippen LogP contribution >= 0.6 is 24.0 Å². The van der Waals surface area contributed by atoms with Crippen molar-refractivity contribution in [1.82, 2.24) is 15.5 Å². The van der Waals surface area contributed by atoms with E-state index in [1.165, 1.54) is 5.56 Å². The minimum atomic E-state index is 0. The number of methoxy groups -OCH3 is 1. The maximum absolute atomic E-state index is 5.94. The molecule has 0 spiro atoms. The van der Waals surface area contributed by atoms with E-state index in [0.717, 1.165) is 30.2 Å². The largest absolute Gasteiger partial charge is 0.493 e. The third-order valence-electron chi connectivity index (χ3n) is 4.54. The molecule has 0 radical (unpaired) electrons. The monoisotopic (exact) mass is 492 g/mol. The Labute approximate surface area is 182 Å². The number of hydrogen-bond acceptors (Lipinski definition) is 4. The van der Waals surface area contributed by atoms with Crippen molar-refractivity contribution in [3.05, 3.63) is 29.3 Å². The molecule has 27 heavy (non-hydrogen) atoms. The number of halogens is 1. The van der Waals surface area contributed by atoms with E-state index >= 15 is 0 Å². The van der Waals surface area contributed by atoms with Crippen molar-refractivity contribution in [3.8, 4) is 5.75 Å². The molecule has 0 aliphatic heterocycles. The second kappa shape index (κ2) is 13.2. The van der Waals surface area contributed by atoms with Crippen molar-refractivity contribution in [1.29, 1.82) is 0 Å². The number of rotatable bonds is 10. The lowest BCUT2D eigenvalue weighted by Crippen LogP contribution is -2.50. The molecular formula is C20H37IN4O2. The molecule has 0 saturated carbocycles. The normalized spacial score (nSPS) is 11.9. The van der Waals surface area contributed by atoms with Gasteiger partial charge in [-0.25, -0.2) is 0 Å². The van der Waals surface area contributed by atoms with Gasteiger partial charge in [-0.1, -0.05) is 12.1 Å². The molecule has 0 heterocycles. The topological polar surface area (TPSA) is 58.1 Å². The zero-order valence-electron chi connectivity index (χ0n) is 17.9. The molecular weight excluding hydrogens is 455 g/mol. The second-order valence-electron chi connectivity index (χ2n) is 7.29. The molecule has 0 saturated heterocycles. The molecule has 0 bridgehead atoms. The Morgan fingerprint density at radius 2 is 1.89 bits per heavy atom. The van der Waals surface area contributed by atoms with Crippen molar-refractivity contribution in [3.63, 3.8) is 0 Å². The van der Waals surface area contributed by atoms with Gasteiger partial charge in [0, 0.05) is 51.4 Å². The number of ether oxygens (including phenoxy) is 2. The fourth-order valence-electron chi connectivity index (χ4n) is 2.19. The summed E-state index contributed by atoms with van der Waals surface area (Å²) in [4.78, 5) is 6.51. The average molecular weight is 492 g/mol. The van der Waals surface area contributed by atoms with Crippen molar-refractivity contribution in [2.45, 2.75) is 39.3 Å². The first-order chi connectivity index (χ1) is 12.3. The fraction of sp³-hybridized carbons (Fsp3) is 0.650. The molecule has 6 nitrogen and oxygen atoms in total. The molecule has 0 unspecified atom stereocenters. The Bertz CT molecular complexity index is 577. The molecule has 1 aromatic rings. The van der Waals surface area contributed by atoms with Crippen LogP contribution in [0.4, 0.5) is 0 Å². The number of nitrogens with zero attached hydrogens (tertiary/aromatic N) is 2. The van der Waals surface area contributed by atoms with Gasteiger partial charge in [-0.05, 0) is 46.5 Å². The highest BCUT2D eigenvalue weighted by Gasteiger charge is 2.20. The van der Waals surface area contributed by atoms with Crippen molar-refractivity contribution in [2.75, 3.05) is 48.0 Å². The lowest BCUT2D eigenvalue weighted by atomic mass is 10.0. The van der Waals surface area contributed by atoms with Gasteiger partial charge in [-0.3, -0.25) is 4.99 Å². The van der Waals surface area contributed by atoms with Gasteiger partial charge < -0.3 is 25.0 Å². The molecule has 0 atom stereocenters. The lowest BCUT2D eigenvalue weighted by molar-refractivity contribution is 0.171. The van der Waals surface area contributed by atoms with Crippen molar-refractivity contribution >= 4 is 29.9 Å². The number of benzene rings is 1. The zero-order chi connectivity index (χ0) is 19.6. The molecule has 2 N–H and O–H groups in total. The van der Waals surface area contributed by atoms with Crippen LogP contribution in [0.5, 0.6) is 5.75 Å². The van der Waals surface area contributed by atoms with E-state index in [9.17, 15) is 0 Å². The molecule has 0 amide bonds. The zero-order valence-corrected chi connectivity index (χ0v) is 20.2. The summed E-state index contributed by atoms with van der Waals surface area (Å²) >= 11 is 0. The van der Waals surface area contributed by atoms with Crippen LogP contribution in [0.25, 0.3) is 0 Å². The third-order valence-corrected chi connectivity index (χ3v) is 4.54. The van der Waals surface area contributed by atoms with Gasteiger partial charge in [-0.2, -0.15) is 0 Å². The maximum atomic E-state index is 5.94. The van der Waals surface area contributed by atoms with E-state index in [0.29, 0.717) is 19.8 Å². The number of hydrogen-bond donors (Lipinski definition) is 2. The van der Waals surface area contributed by atoms with Crippen LogP contribution in [0.3, 0.4) is 0 Å². The Balaban J connectivity index is 0.00000676. The highest BCUT2D eigenvalue weighted by atomic mass is 127. The van der Waals surface area contributed by atoms with E-state index in [1.54, 1.807) is 14.2 Å². The molecule has 0 fully saturated rings. The van der Waals surface area contributed by atoms with Crippen LogP contribution in [0.1, 0.15) is 31.4 Å². The molecule has 0 aliphatic carbocycles. The molecule has 0 aliphatic rings. The minimum Gasteiger partial charge on any atom is -0.493 e. The predicted molar refractivity (Wildman–Crippen MR) is 125 cm³/mol. The molecule has 1 aromatic carbocycles. The first-order valence-corrected chi connectivity index (χ1v) is 9.13.